The van der Waals surface area contributed by atoms with Crippen LogP contribution in [0.5, 0.6) is 11.5 Å². The Bertz CT molecular complexity index is 1890. The number of pyridine rings is 2. The molecule has 0 radical (unpaired) electrons. The van der Waals surface area contributed by atoms with E-state index in [9.17, 15) is 41.0 Å². The maximum Gasteiger partial charge on any atom is 0.424 e. The Labute approximate surface area is 261 Å². The minimum absolute atomic E-state index is 0.0154. The number of aryl methyl sites for hydroxylation is 1. The van der Waals surface area contributed by atoms with Gasteiger partial charge in [0, 0.05) is 28.3 Å². The molecule has 0 aliphatic carbocycles. The number of nitrogens with zero attached hydrogens (tertiary/aromatic N) is 2. The summed E-state index contributed by atoms with van der Waals surface area (Å²) in [7, 11) is 0. The molecule has 0 bridgehead atoms. The first kappa shape index (κ1) is 32.8. The summed E-state index contributed by atoms with van der Waals surface area (Å²) in [4.78, 5) is 33.6. The molecule has 0 spiro atoms. The summed E-state index contributed by atoms with van der Waals surface area (Å²) in [6.07, 6.45) is -4.12. The molecular weight excluding hydrogens is 646 g/mol. The number of alkyl halides is 5. The van der Waals surface area contributed by atoms with Crippen LogP contribution < -0.4 is 20.5 Å². The fraction of sp³-hybridized carbons (Fsp3) is 0.267. The topological polar surface area (TPSA) is 137 Å². The highest BCUT2D eigenvalue weighted by atomic mass is 35.5. The quantitative estimate of drug-likeness (QED) is 0.216. The molecule has 16 heteroatoms. The van der Waals surface area contributed by atoms with Gasteiger partial charge in [-0.2, -0.15) is 22.0 Å². The summed E-state index contributed by atoms with van der Waals surface area (Å²) in [6, 6.07) is 7.52. The van der Waals surface area contributed by atoms with Gasteiger partial charge >= 0.3 is 12.8 Å². The van der Waals surface area contributed by atoms with Crippen LogP contribution in [-0.4, -0.2) is 52.8 Å². The molecule has 1 unspecified atom stereocenters. The van der Waals surface area contributed by atoms with Crippen LogP contribution >= 0.6 is 11.6 Å². The fourth-order valence-electron chi connectivity index (χ4n) is 4.93. The van der Waals surface area contributed by atoms with Crippen LogP contribution in [0.3, 0.4) is 0 Å². The van der Waals surface area contributed by atoms with E-state index in [4.69, 9.17) is 22.1 Å². The summed E-state index contributed by atoms with van der Waals surface area (Å²) >= 11 is 5.90. The smallest absolute Gasteiger partial charge is 0.424 e. The molecule has 2 amide bonds. The van der Waals surface area contributed by atoms with Crippen LogP contribution in [0.4, 0.5) is 26.3 Å². The zero-order valence-corrected chi connectivity index (χ0v) is 24.6. The zero-order chi connectivity index (χ0) is 33.8. The fourth-order valence-corrected chi connectivity index (χ4v) is 5.11. The Morgan fingerprint density at radius 3 is 2.54 bits per heavy atom. The van der Waals surface area contributed by atoms with E-state index >= 15 is 0 Å². The number of ether oxygens (including phenoxy) is 2. The van der Waals surface area contributed by atoms with Gasteiger partial charge in [0.25, 0.3) is 5.91 Å². The summed E-state index contributed by atoms with van der Waals surface area (Å²) in [6.45, 7) is -2.25. The van der Waals surface area contributed by atoms with Crippen molar-refractivity contribution >= 4 is 34.3 Å². The minimum atomic E-state index is -5.49. The molecule has 0 saturated carbocycles. The molecule has 4 N–H and O–H groups in total. The van der Waals surface area contributed by atoms with Crippen molar-refractivity contribution in [2.24, 2.45) is 5.73 Å². The molecule has 1 aliphatic heterocycles. The van der Waals surface area contributed by atoms with Crippen LogP contribution in [0.25, 0.3) is 22.2 Å². The Hall–Kier alpha value is -4.63. The van der Waals surface area contributed by atoms with Crippen molar-refractivity contribution in [1.82, 2.24) is 15.3 Å². The number of hydrogen-bond acceptors (Lipinski definition) is 7. The van der Waals surface area contributed by atoms with Crippen LogP contribution in [-0.2, 0) is 15.8 Å². The number of halogens is 7. The van der Waals surface area contributed by atoms with Crippen molar-refractivity contribution in [3.8, 4) is 22.8 Å². The molecule has 0 saturated heterocycles. The van der Waals surface area contributed by atoms with Crippen molar-refractivity contribution in [1.29, 1.82) is 0 Å². The largest absolute Gasteiger partial charge is 0.489 e. The summed E-state index contributed by atoms with van der Waals surface area (Å²) in [5.74, 6) is -3.64. The highest BCUT2D eigenvalue weighted by Crippen LogP contribution is 2.48. The molecule has 2 aromatic heterocycles. The molecule has 9 nitrogen and oxygen atoms in total. The molecular formula is C30H23ClF6N4O5. The second-order valence-electron chi connectivity index (χ2n) is 10.8. The predicted molar refractivity (Wildman–Crippen MR) is 152 cm³/mol. The number of rotatable bonds is 8. The van der Waals surface area contributed by atoms with Gasteiger partial charge in [-0.1, -0.05) is 11.6 Å². The Morgan fingerprint density at radius 2 is 1.91 bits per heavy atom. The third-order valence-electron chi connectivity index (χ3n) is 7.57. The second kappa shape index (κ2) is 11.6. The number of hydrogen-bond donors (Lipinski definition) is 3. The van der Waals surface area contributed by atoms with Gasteiger partial charge in [0.15, 0.2) is 5.75 Å². The van der Waals surface area contributed by atoms with Crippen molar-refractivity contribution in [2.75, 3.05) is 13.2 Å². The molecule has 3 heterocycles. The number of aliphatic hydroxyl groups is 1. The lowest BCUT2D eigenvalue weighted by molar-refractivity contribution is -0.265. The van der Waals surface area contributed by atoms with E-state index in [1.54, 1.807) is 6.92 Å². The maximum atomic E-state index is 14.7. The number of amides is 2. The van der Waals surface area contributed by atoms with E-state index in [1.165, 1.54) is 25.3 Å². The molecule has 242 valence electrons. The van der Waals surface area contributed by atoms with Gasteiger partial charge in [-0.05, 0) is 61.9 Å². The van der Waals surface area contributed by atoms with Gasteiger partial charge in [0.1, 0.15) is 34.8 Å². The zero-order valence-electron chi connectivity index (χ0n) is 23.8. The van der Waals surface area contributed by atoms with Crippen molar-refractivity contribution in [3.05, 3.63) is 81.9 Å². The van der Waals surface area contributed by atoms with Crippen LogP contribution in [0.1, 0.15) is 34.1 Å². The van der Waals surface area contributed by atoms with Crippen LogP contribution in [0, 0.1) is 12.7 Å². The third kappa shape index (κ3) is 5.75. The van der Waals surface area contributed by atoms with E-state index in [0.717, 1.165) is 30.3 Å². The van der Waals surface area contributed by atoms with Gasteiger partial charge < -0.3 is 25.6 Å². The Morgan fingerprint density at radius 1 is 1.20 bits per heavy atom. The first-order valence-electron chi connectivity index (χ1n) is 13.3. The molecule has 1 aliphatic rings. The highest BCUT2D eigenvalue weighted by molar-refractivity contribution is 6.31. The number of carbonyl (C=O) groups is 2. The molecule has 5 rings (SSSR count). The lowest BCUT2D eigenvalue weighted by atomic mass is 9.81. The molecule has 2 atom stereocenters. The lowest BCUT2D eigenvalue weighted by Gasteiger charge is -2.31. The van der Waals surface area contributed by atoms with Gasteiger partial charge in [-0.25, -0.2) is 9.37 Å². The van der Waals surface area contributed by atoms with Crippen LogP contribution in [0.2, 0.25) is 5.02 Å². The van der Waals surface area contributed by atoms with E-state index < -0.39 is 64.4 Å². The molecule has 0 fully saturated rings. The first-order chi connectivity index (χ1) is 21.4. The number of aromatic nitrogens is 2. The van der Waals surface area contributed by atoms with Crippen LogP contribution in [0.15, 0.2) is 48.7 Å². The lowest BCUT2D eigenvalue weighted by Crippen LogP contribution is -2.51. The van der Waals surface area contributed by atoms with Gasteiger partial charge in [0.2, 0.25) is 11.5 Å². The number of fused-ring (bicyclic) bond motifs is 2. The average Bonchev–Trinajstić information content (AvgIpc) is 3.33. The van der Waals surface area contributed by atoms with Gasteiger partial charge in [-0.3, -0.25) is 14.6 Å². The molecule has 46 heavy (non-hydrogen) atoms. The van der Waals surface area contributed by atoms with E-state index in [2.05, 4.69) is 14.7 Å². The van der Waals surface area contributed by atoms with E-state index in [-0.39, 0.29) is 45.6 Å². The maximum absolute atomic E-state index is 14.7. The first-order valence-corrected chi connectivity index (χ1v) is 13.7. The van der Waals surface area contributed by atoms with E-state index in [1.807, 2.05) is 5.32 Å². The van der Waals surface area contributed by atoms with Crippen molar-refractivity contribution in [2.45, 2.75) is 37.7 Å². The van der Waals surface area contributed by atoms with E-state index in [0.29, 0.717) is 5.56 Å². The second-order valence-corrected chi connectivity index (χ2v) is 11.2. The van der Waals surface area contributed by atoms with Gasteiger partial charge in [-0.15, -0.1) is 0 Å². The SMILES string of the molecule is Cc1cnc2c(OC(F)F)cc(C(=O)NCC(O)(c3cc4c(c(-c5ccc(F)c(Cl)c5)n3)OC[C@]4(C)C(N)=O)C(F)(F)F)cc2c1. The summed E-state index contributed by atoms with van der Waals surface area (Å²) in [5.41, 5.74) is -1.36. The predicted octanol–water partition coefficient (Wildman–Crippen LogP) is 5.31. The normalized spacial score (nSPS) is 17.4. The third-order valence-corrected chi connectivity index (χ3v) is 7.86. The van der Waals surface area contributed by atoms with Crippen molar-refractivity contribution in [3.63, 3.8) is 0 Å². The summed E-state index contributed by atoms with van der Waals surface area (Å²) in [5, 5.41) is 13.0. The number of benzene rings is 2. The molecule has 4 aromatic rings. The monoisotopic (exact) mass is 668 g/mol. The standard InChI is InChI=1S/C30H23ClF6N4O5/c1-13-5-15-6-16(8-20(46-27(33)34)22(15)39-10-13)25(42)40-11-29(44,30(35,36)37)21-9-17-24(45-12-28(17,2)26(38)43)23(41-21)14-3-4-19(32)18(31)7-14/h3-10,27,44H,11-12H2,1-2H3,(H2,38,43)(H,40,42)/t28-,29?/m0/s1. The van der Waals surface area contributed by atoms with Crippen molar-refractivity contribution < 1.29 is 50.5 Å². The van der Waals surface area contributed by atoms with Gasteiger partial charge in [0.05, 0.1) is 17.3 Å². The Kier molecular flexibility index (Phi) is 8.28. The number of primary amides is 1. The number of nitrogens with one attached hydrogen (secondary N) is 1. The average molecular weight is 669 g/mol. The minimum Gasteiger partial charge on any atom is -0.489 e. The highest BCUT2D eigenvalue weighted by Gasteiger charge is 2.57. The Balaban J connectivity index is 1.60. The number of carbonyl (C=O) groups excluding carboxylic acids is 2. The molecule has 2 aromatic carbocycles. The number of nitrogens with two attached hydrogens (primary N) is 1. The summed E-state index contributed by atoms with van der Waals surface area (Å²) < 4.78 is 94.4.